The maximum atomic E-state index is 13.4. The molecule has 0 saturated heterocycles. The molecule has 1 atom stereocenters. The third kappa shape index (κ3) is 2.54. The van der Waals surface area contributed by atoms with E-state index in [1.165, 1.54) is 11.1 Å². The van der Waals surface area contributed by atoms with Gasteiger partial charge in [-0.2, -0.15) is 0 Å². The van der Waals surface area contributed by atoms with Gasteiger partial charge in [0.05, 0.1) is 0 Å². The van der Waals surface area contributed by atoms with E-state index in [0.717, 1.165) is 25.2 Å². The number of hydrogen-bond donors (Lipinski definition) is 1. The molecule has 20 heavy (non-hydrogen) atoms. The zero-order valence-electron chi connectivity index (χ0n) is 11.4. The Kier molecular flexibility index (Phi) is 3.70. The van der Waals surface area contributed by atoms with E-state index in [1.54, 1.807) is 12.1 Å². The highest BCUT2D eigenvalue weighted by atomic mass is 19.1. The van der Waals surface area contributed by atoms with Gasteiger partial charge in [-0.05, 0) is 29.7 Å². The summed E-state index contributed by atoms with van der Waals surface area (Å²) in [5.41, 5.74) is 9.44. The molecular formula is C17H19FN2. The summed E-state index contributed by atoms with van der Waals surface area (Å²) in [4.78, 5) is 2.25. The summed E-state index contributed by atoms with van der Waals surface area (Å²) in [5.74, 6) is 0.116. The van der Waals surface area contributed by atoms with Crippen LogP contribution >= 0.6 is 0 Å². The number of nitrogens with two attached hydrogens (primary N) is 1. The van der Waals surface area contributed by atoms with Crippen LogP contribution in [0.15, 0.2) is 48.5 Å². The molecule has 0 amide bonds. The second-order valence-corrected chi connectivity index (χ2v) is 5.31. The van der Waals surface area contributed by atoms with Gasteiger partial charge in [-0.25, -0.2) is 4.39 Å². The molecular weight excluding hydrogens is 251 g/mol. The van der Waals surface area contributed by atoms with Crippen LogP contribution in [0.3, 0.4) is 0 Å². The van der Waals surface area contributed by atoms with E-state index >= 15 is 0 Å². The highest BCUT2D eigenvalue weighted by Crippen LogP contribution is 2.30. The topological polar surface area (TPSA) is 29.3 Å². The van der Waals surface area contributed by atoms with Crippen LogP contribution in [0.1, 0.15) is 17.0 Å². The maximum Gasteiger partial charge on any atom is 0.125 e. The highest BCUT2D eigenvalue weighted by Gasteiger charge is 2.22. The fraction of sp³-hybridized carbons (Fsp3) is 0.294. The molecule has 1 unspecified atom stereocenters. The summed E-state index contributed by atoms with van der Waals surface area (Å²) < 4.78 is 13.4. The normalized spacial score (nSPS) is 15.2. The van der Waals surface area contributed by atoms with Crippen LogP contribution < -0.4 is 10.6 Å². The van der Waals surface area contributed by atoms with E-state index in [4.69, 9.17) is 5.73 Å². The number of nitrogens with zero attached hydrogens (tertiary/aromatic N) is 1. The molecule has 0 spiro atoms. The molecule has 0 radical (unpaired) electrons. The highest BCUT2D eigenvalue weighted by molar-refractivity contribution is 5.58. The summed E-state index contributed by atoms with van der Waals surface area (Å²) in [7, 11) is 0. The molecule has 0 saturated carbocycles. The Labute approximate surface area is 119 Å². The molecule has 3 rings (SSSR count). The third-order valence-electron chi connectivity index (χ3n) is 4.04. The van der Waals surface area contributed by atoms with Crippen LogP contribution in [0.25, 0.3) is 0 Å². The molecule has 1 heterocycles. The van der Waals surface area contributed by atoms with Crippen molar-refractivity contribution in [1.29, 1.82) is 0 Å². The van der Waals surface area contributed by atoms with Crippen LogP contribution in [-0.2, 0) is 6.42 Å². The second kappa shape index (κ2) is 5.63. The first kappa shape index (κ1) is 13.1. The Hall–Kier alpha value is -1.87. The number of hydrogen-bond acceptors (Lipinski definition) is 2. The number of anilines is 1. The smallest absolute Gasteiger partial charge is 0.125 e. The fourth-order valence-corrected chi connectivity index (χ4v) is 2.92. The maximum absolute atomic E-state index is 13.4. The molecule has 2 aromatic carbocycles. The lowest BCUT2D eigenvalue weighted by molar-refractivity contribution is 0.625. The predicted molar refractivity (Wildman–Crippen MR) is 80.6 cm³/mol. The summed E-state index contributed by atoms with van der Waals surface area (Å²) in [5, 5.41) is 0. The second-order valence-electron chi connectivity index (χ2n) is 5.31. The van der Waals surface area contributed by atoms with Crippen molar-refractivity contribution in [3.8, 4) is 0 Å². The van der Waals surface area contributed by atoms with Crippen molar-refractivity contribution in [1.82, 2.24) is 0 Å². The molecule has 0 fully saturated rings. The average Bonchev–Trinajstić information content (AvgIpc) is 2.88. The summed E-state index contributed by atoms with van der Waals surface area (Å²) in [6, 6.07) is 15.4. The molecule has 0 aromatic heterocycles. The molecule has 2 nitrogen and oxygen atoms in total. The monoisotopic (exact) mass is 270 g/mol. The van der Waals surface area contributed by atoms with Crippen LogP contribution in [0, 0.1) is 5.82 Å². The first-order valence-corrected chi connectivity index (χ1v) is 7.06. The summed E-state index contributed by atoms with van der Waals surface area (Å²) in [6.45, 7) is 2.39. The Morgan fingerprint density at radius 2 is 1.95 bits per heavy atom. The molecule has 1 aliphatic heterocycles. The lowest BCUT2D eigenvalue weighted by Gasteiger charge is -2.25. The number of fused-ring (bicyclic) bond motifs is 1. The van der Waals surface area contributed by atoms with Gasteiger partial charge in [-0.3, -0.25) is 0 Å². The Bertz CT molecular complexity index is 583. The lowest BCUT2D eigenvalue weighted by Crippen LogP contribution is -2.30. The molecule has 1 aliphatic rings. The Morgan fingerprint density at radius 3 is 2.70 bits per heavy atom. The summed E-state index contributed by atoms with van der Waals surface area (Å²) in [6.07, 6.45) is 0.988. The van der Waals surface area contributed by atoms with E-state index in [1.807, 2.05) is 24.3 Å². The van der Waals surface area contributed by atoms with Gasteiger partial charge in [0.25, 0.3) is 0 Å². The first-order valence-electron chi connectivity index (χ1n) is 7.06. The van der Waals surface area contributed by atoms with Crippen molar-refractivity contribution in [3.63, 3.8) is 0 Å². The van der Waals surface area contributed by atoms with E-state index < -0.39 is 0 Å². The number of rotatable bonds is 4. The van der Waals surface area contributed by atoms with Crippen molar-refractivity contribution in [2.45, 2.75) is 12.3 Å². The van der Waals surface area contributed by atoms with Crippen molar-refractivity contribution in [3.05, 3.63) is 65.5 Å². The minimum absolute atomic E-state index is 0.167. The van der Waals surface area contributed by atoms with Gasteiger partial charge in [0.15, 0.2) is 0 Å². The fourth-order valence-electron chi connectivity index (χ4n) is 2.92. The predicted octanol–water partition coefficient (Wildman–Crippen LogP) is 2.93. The Morgan fingerprint density at radius 1 is 1.15 bits per heavy atom. The lowest BCUT2D eigenvalue weighted by atomic mass is 9.98. The van der Waals surface area contributed by atoms with Gasteiger partial charge in [0, 0.05) is 31.2 Å². The van der Waals surface area contributed by atoms with Gasteiger partial charge < -0.3 is 10.6 Å². The average molecular weight is 270 g/mol. The van der Waals surface area contributed by atoms with Crippen LogP contribution in [0.2, 0.25) is 0 Å². The van der Waals surface area contributed by atoms with Crippen LogP contribution in [0.4, 0.5) is 10.1 Å². The first-order chi connectivity index (χ1) is 9.78. The van der Waals surface area contributed by atoms with Crippen molar-refractivity contribution < 1.29 is 4.39 Å². The SMILES string of the molecule is NCC(CN1CCc2ccc(F)cc21)c1ccccc1. The minimum atomic E-state index is -0.167. The van der Waals surface area contributed by atoms with Gasteiger partial charge in [0.2, 0.25) is 0 Å². The molecule has 2 N–H and O–H groups in total. The quantitative estimate of drug-likeness (QED) is 0.925. The molecule has 3 heteroatoms. The Balaban J connectivity index is 1.81. The largest absolute Gasteiger partial charge is 0.370 e. The van der Waals surface area contributed by atoms with Gasteiger partial charge >= 0.3 is 0 Å². The number of benzene rings is 2. The van der Waals surface area contributed by atoms with Crippen LogP contribution in [-0.4, -0.2) is 19.6 Å². The van der Waals surface area contributed by atoms with Crippen LogP contribution in [0.5, 0.6) is 0 Å². The van der Waals surface area contributed by atoms with Crippen molar-refractivity contribution >= 4 is 5.69 Å². The molecule has 2 aromatic rings. The zero-order chi connectivity index (χ0) is 13.9. The molecule has 0 bridgehead atoms. The van der Waals surface area contributed by atoms with Crippen molar-refractivity contribution in [2.75, 3.05) is 24.5 Å². The van der Waals surface area contributed by atoms with E-state index in [-0.39, 0.29) is 11.7 Å². The number of halogens is 1. The standard InChI is InChI=1S/C17H19FN2/c18-16-7-6-14-8-9-20(17(14)10-16)12-15(11-19)13-4-2-1-3-5-13/h1-7,10,15H,8-9,11-12,19H2. The van der Waals surface area contributed by atoms with E-state index in [9.17, 15) is 4.39 Å². The van der Waals surface area contributed by atoms with Crippen molar-refractivity contribution in [2.24, 2.45) is 5.73 Å². The van der Waals surface area contributed by atoms with E-state index in [2.05, 4.69) is 17.0 Å². The van der Waals surface area contributed by atoms with Gasteiger partial charge in [-0.1, -0.05) is 36.4 Å². The molecule has 0 aliphatic carbocycles. The van der Waals surface area contributed by atoms with Gasteiger partial charge in [-0.15, -0.1) is 0 Å². The van der Waals surface area contributed by atoms with Gasteiger partial charge in [0.1, 0.15) is 5.82 Å². The zero-order valence-corrected chi connectivity index (χ0v) is 11.4. The third-order valence-corrected chi connectivity index (χ3v) is 4.04. The minimum Gasteiger partial charge on any atom is -0.370 e. The molecule has 104 valence electrons. The van der Waals surface area contributed by atoms with E-state index in [0.29, 0.717) is 6.54 Å². The summed E-state index contributed by atoms with van der Waals surface area (Å²) >= 11 is 0.